The highest BCUT2D eigenvalue weighted by Crippen LogP contribution is 2.20. The highest BCUT2D eigenvalue weighted by molar-refractivity contribution is 5.88. The van der Waals surface area contributed by atoms with E-state index in [0.29, 0.717) is 12.3 Å². The van der Waals surface area contributed by atoms with Gasteiger partial charge in [-0.05, 0) is 57.6 Å². The van der Waals surface area contributed by atoms with Crippen molar-refractivity contribution >= 4 is 34.8 Å². The third-order valence-corrected chi connectivity index (χ3v) is 6.79. The number of aromatic nitrogens is 1. The lowest BCUT2D eigenvalue weighted by atomic mass is 10.0. The molecule has 2 rings (SSSR count). The Bertz CT molecular complexity index is 1170. The minimum atomic E-state index is -1.09. The summed E-state index contributed by atoms with van der Waals surface area (Å²) in [6.45, 7) is 11.8. The van der Waals surface area contributed by atoms with Crippen LogP contribution in [0.1, 0.15) is 98.5 Å². The van der Waals surface area contributed by atoms with Crippen molar-refractivity contribution in [2.24, 2.45) is 5.92 Å². The van der Waals surface area contributed by atoms with Crippen LogP contribution in [-0.2, 0) is 35.0 Å². The van der Waals surface area contributed by atoms with Gasteiger partial charge in [0.15, 0.2) is 0 Å². The van der Waals surface area contributed by atoms with Crippen LogP contribution in [0.3, 0.4) is 0 Å². The largest absolute Gasteiger partial charge is 0.464 e. The van der Waals surface area contributed by atoms with Gasteiger partial charge in [-0.15, -0.1) is 0 Å². The summed E-state index contributed by atoms with van der Waals surface area (Å²) in [5, 5.41) is 6.30. The number of unbranched alkanes of at least 4 members (excludes halogenated alkanes) is 4. The molecule has 240 valence electrons. The predicted octanol–water partition coefficient (Wildman–Crippen LogP) is 5.97. The first-order chi connectivity index (χ1) is 20.4. The summed E-state index contributed by atoms with van der Waals surface area (Å²) in [5.41, 5.74) is 1.04. The molecule has 0 aliphatic rings. The van der Waals surface area contributed by atoms with E-state index in [9.17, 15) is 19.2 Å². The Hall–Kier alpha value is -3.56. The van der Waals surface area contributed by atoms with Crippen molar-refractivity contribution in [1.29, 1.82) is 0 Å². The van der Waals surface area contributed by atoms with Gasteiger partial charge in [0.05, 0.1) is 13.2 Å². The molecule has 2 unspecified atom stereocenters. The van der Waals surface area contributed by atoms with Crippen LogP contribution in [0.25, 0.3) is 10.9 Å². The van der Waals surface area contributed by atoms with Gasteiger partial charge >= 0.3 is 18.0 Å². The SMILES string of the molecule is CCCCCCCOC(=O)C(Cc1c[nH]c2ccccc12)NC(=O)CCC(NC(=O)OC(C)(C)C)C(=O)OCCC(C)C. The fraction of sp³-hybridized carbons (Fsp3) is 0.636. The first kappa shape index (κ1) is 35.6. The smallest absolute Gasteiger partial charge is 0.408 e. The van der Waals surface area contributed by atoms with Crippen molar-refractivity contribution in [3.63, 3.8) is 0 Å². The van der Waals surface area contributed by atoms with Gasteiger partial charge in [-0.2, -0.15) is 0 Å². The van der Waals surface area contributed by atoms with Gasteiger partial charge < -0.3 is 29.8 Å². The van der Waals surface area contributed by atoms with Crippen LogP contribution in [0.15, 0.2) is 30.5 Å². The van der Waals surface area contributed by atoms with Gasteiger partial charge in [0.25, 0.3) is 0 Å². The van der Waals surface area contributed by atoms with Crippen LogP contribution in [-0.4, -0.2) is 59.8 Å². The number of alkyl carbamates (subject to hydrolysis) is 1. The molecule has 2 amide bonds. The maximum atomic E-state index is 13.1. The zero-order valence-electron chi connectivity index (χ0n) is 26.8. The second-order valence-electron chi connectivity index (χ2n) is 12.4. The maximum Gasteiger partial charge on any atom is 0.408 e. The second kappa shape index (κ2) is 18.2. The number of rotatable bonds is 18. The van der Waals surface area contributed by atoms with E-state index in [2.05, 4.69) is 22.5 Å². The average molecular weight is 602 g/mol. The van der Waals surface area contributed by atoms with E-state index in [1.54, 1.807) is 20.8 Å². The highest BCUT2D eigenvalue weighted by atomic mass is 16.6. The molecule has 0 radical (unpaired) electrons. The van der Waals surface area contributed by atoms with Crippen molar-refractivity contribution in [1.82, 2.24) is 15.6 Å². The molecular formula is C33H51N3O7. The van der Waals surface area contributed by atoms with Crippen LogP contribution in [0.4, 0.5) is 4.79 Å². The molecule has 0 bridgehead atoms. The summed E-state index contributed by atoms with van der Waals surface area (Å²) >= 11 is 0. The summed E-state index contributed by atoms with van der Waals surface area (Å²) in [7, 11) is 0. The molecule has 1 aromatic carbocycles. The lowest BCUT2D eigenvalue weighted by Gasteiger charge is -2.23. The molecule has 0 spiro atoms. The number of ether oxygens (including phenoxy) is 3. The maximum absolute atomic E-state index is 13.1. The molecule has 43 heavy (non-hydrogen) atoms. The number of aromatic amines is 1. The number of fused-ring (bicyclic) bond motifs is 1. The van der Waals surface area contributed by atoms with Gasteiger partial charge in [-0.25, -0.2) is 14.4 Å². The van der Waals surface area contributed by atoms with E-state index in [4.69, 9.17) is 14.2 Å². The van der Waals surface area contributed by atoms with Crippen molar-refractivity contribution in [3.05, 3.63) is 36.0 Å². The Morgan fingerprint density at radius 2 is 1.53 bits per heavy atom. The van der Waals surface area contributed by atoms with Crippen molar-refractivity contribution in [2.45, 2.75) is 117 Å². The van der Waals surface area contributed by atoms with Crippen LogP contribution >= 0.6 is 0 Å². The normalized spacial score (nSPS) is 12.9. The molecule has 1 heterocycles. The van der Waals surface area contributed by atoms with E-state index >= 15 is 0 Å². The molecule has 0 saturated carbocycles. The average Bonchev–Trinajstić information content (AvgIpc) is 3.33. The molecule has 0 aliphatic carbocycles. The number of carbonyl (C=O) groups excluding carboxylic acids is 4. The van der Waals surface area contributed by atoms with Gasteiger partial charge in [0.2, 0.25) is 5.91 Å². The number of H-pyrrole nitrogens is 1. The monoisotopic (exact) mass is 601 g/mol. The molecule has 0 saturated heterocycles. The zero-order valence-corrected chi connectivity index (χ0v) is 26.8. The number of hydrogen-bond acceptors (Lipinski definition) is 7. The minimum absolute atomic E-state index is 0.0299. The summed E-state index contributed by atoms with van der Waals surface area (Å²) in [5.74, 6) is -1.26. The first-order valence-electron chi connectivity index (χ1n) is 15.6. The van der Waals surface area contributed by atoms with Crippen LogP contribution in [0.5, 0.6) is 0 Å². The van der Waals surface area contributed by atoms with E-state index in [1.807, 2.05) is 44.3 Å². The van der Waals surface area contributed by atoms with E-state index in [1.165, 1.54) is 0 Å². The number of benzene rings is 1. The Morgan fingerprint density at radius 3 is 2.23 bits per heavy atom. The Morgan fingerprint density at radius 1 is 0.860 bits per heavy atom. The van der Waals surface area contributed by atoms with Crippen molar-refractivity contribution in [3.8, 4) is 0 Å². The van der Waals surface area contributed by atoms with Gasteiger partial charge in [-0.1, -0.05) is 64.7 Å². The van der Waals surface area contributed by atoms with Crippen LogP contribution in [0, 0.1) is 5.92 Å². The number of esters is 2. The molecule has 2 aromatic rings. The number of amides is 2. The third-order valence-electron chi connectivity index (χ3n) is 6.79. The molecule has 10 heteroatoms. The van der Waals surface area contributed by atoms with Crippen molar-refractivity contribution < 1.29 is 33.4 Å². The summed E-state index contributed by atoms with van der Waals surface area (Å²) in [6, 6.07) is 5.73. The van der Waals surface area contributed by atoms with E-state index in [0.717, 1.165) is 48.6 Å². The van der Waals surface area contributed by atoms with Gasteiger partial charge in [0.1, 0.15) is 17.7 Å². The van der Waals surface area contributed by atoms with Crippen molar-refractivity contribution in [2.75, 3.05) is 13.2 Å². The summed E-state index contributed by atoms with van der Waals surface area (Å²) < 4.78 is 16.2. The quantitative estimate of drug-likeness (QED) is 0.109. The standard InChI is InChI=1S/C33H51N3O7/c1-7-8-9-10-13-19-41-31(39)28(21-24-22-34-26-15-12-11-14-25(24)26)35-29(37)17-16-27(30(38)42-20-18-23(2)3)36-32(40)43-33(4,5)6/h11-12,14-15,22-23,27-28,34H,7-10,13,16-21H2,1-6H3,(H,35,37)(H,36,40). The lowest BCUT2D eigenvalue weighted by Crippen LogP contribution is -2.46. The Balaban J connectivity index is 2.08. The fourth-order valence-corrected chi connectivity index (χ4v) is 4.43. The number of hydrogen-bond donors (Lipinski definition) is 3. The highest BCUT2D eigenvalue weighted by Gasteiger charge is 2.28. The molecule has 0 fully saturated rings. The van der Waals surface area contributed by atoms with E-state index < -0.39 is 41.6 Å². The van der Waals surface area contributed by atoms with E-state index in [-0.39, 0.29) is 32.5 Å². The second-order valence-corrected chi connectivity index (χ2v) is 12.4. The van der Waals surface area contributed by atoms with Gasteiger partial charge in [0, 0.05) is 29.9 Å². The molecule has 1 aromatic heterocycles. The number of carbonyl (C=O) groups is 4. The summed E-state index contributed by atoms with van der Waals surface area (Å²) in [4.78, 5) is 54.7. The van der Waals surface area contributed by atoms with Crippen LogP contribution < -0.4 is 10.6 Å². The molecule has 3 N–H and O–H groups in total. The third kappa shape index (κ3) is 14.0. The topological polar surface area (TPSA) is 136 Å². The minimum Gasteiger partial charge on any atom is -0.464 e. The zero-order chi connectivity index (χ0) is 31.8. The fourth-order valence-electron chi connectivity index (χ4n) is 4.43. The first-order valence-corrected chi connectivity index (χ1v) is 15.6. The molecular weight excluding hydrogens is 550 g/mol. The molecule has 10 nitrogen and oxygen atoms in total. The molecule has 2 atom stereocenters. The molecule has 0 aliphatic heterocycles. The Labute approximate surface area is 256 Å². The number of para-hydroxylation sites is 1. The van der Waals surface area contributed by atoms with Gasteiger partial charge in [-0.3, -0.25) is 4.79 Å². The predicted molar refractivity (Wildman–Crippen MR) is 166 cm³/mol. The summed E-state index contributed by atoms with van der Waals surface area (Å²) in [6.07, 6.45) is 6.88. The Kier molecular flexibility index (Phi) is 15.1. The van der Waals surface area contributed by atoms with Crippen LogP contribution in [0.2, 0.25) is 0 Å². The number of nitrogens with one attached hydrogen (secondary N) is 3. The lowest BCUT2D eigenvalue weighted by molar-refractivity contribution is -0.149.